The number of amides is 1. The lowest BCUT2D eigenvalue weighted by atomic mass is 10.4. The molecule has 0 radical (unpaired) electrons. The molecule has 0 unspecified atom stereocenters. The van der Waals surface area contributed by atoms with Gasteiger partial charge in [-0.1, -0.05) is 11.6 Å². The Morgan fingerprint density at radius 2 is 2.29 bits per heavy atom. The van der Waals surface area contributed by atoms with E-state index in [0.29, 0.717) is 23.9 Å². The molecule has 0 atom stereocenters. The highest BCUT2D eigenvalue weighted by Gasteiger charge is 2.04. The summed E-state index contributed by atoms with van der Waals surface area (Å²) in [7, 11) is 0. The number of hydrogen-bond donors (Lipinski definition) is 1. The average Bonchev–Trinajstić information content (AvgIpc) is 2.83. The Morgan fingerprint density at radius 3 is 2.94 bits per heavy atom. The maximum absolute atomic E-state index is 11.5. The van der Waals surface area contributed by atoms with Gasteiger partial charge in [-0.2, -0.15) is 5.10 Å². The van der Waals surface area contributed by atoms with E-state index < -0.39 is 0 Å². The first-order valence-corrected chi connectivity index (χ1v) is 5.36. The second kappa shape index (κ2) is 5.40. The quantitative estimate of drug-likeness (QED) is 0.890. The van der Waals surface area contributed by atoms with Crippen LogP contribution in [0.15, 0.2) is 30.9 Å². The van der Waals surface area contributed by atoms with Crippen LogP contribution < -0.4 is 5.32 Å². The van der Waals surface area contributed by atoms with Crippen molar-refractivity contribution in [3.63, 3.8) is 0 Å². The summed E-state index contributed by atoms with van der Waals surface area (Å²) in [5.74, 6) is 0.247. The summed E-state index contributed by atoms with van der Waals surface area (Å²) < 4.78 is 1.69. The molecule has 1 amide bonds. The number of nitrogens with zero attached hydrogens (tertiary/aromatic N) is 4. The van der Waals surface area contributed by atoms with Crippen molar-refractivity contribution in [3.05, 3.63) is 36.0 Å². The molecule has 0 saturated heterocycles. The average molecular weight is 252 g/mol. The normalized spacial score (nSPS) is 10.2. The second-order valence-electron chi connectivity index (χ2n) is 3.29. The zero-order valence-corrected chi connectivity index (χ0v) is 9.63. The molecule has 2 aromatic heterocycles. The van der Waals surface area contributed by atoms with Crippen LogP contribution in [-0.2, 0) is 11.3 Å². The third-order valence-electron chi connectivity index (χ3n) is 2.01. The van der Waals surface area contributed by atoms with Crippen molar-refractivity contribution in [2.75, 3.05) is 5.32 Å². The first-order chi connectivity index (χ1) is 8.24. The van der Waals surface area contributed by atoms with Crippen molar-refractivity contribution in [1.82, 2.24) is 19.7 Å². The van der Waals surface area contributed by atoms with Gasteiger partial charge in [0.25, 0.3) is 0 Å². The van der Waals surface area contributed by atoms with Gasteiger partial charge in [-0.05, 0) is 6.07 Å². The maximum Gasteiger partial charge on any atom is 0.227 e. The molecule has 1 N–H and O–H groups in total. The van der Waals surface area contributed by atoms with E-state index in [4.69, 9.17) is 11.6 Å². The van der Waals surface area contributed by atoms with E-state index in [9.17, 15) is 4.79 Å². The van der Waals surface area contributed by atoms with Gasteiger partial charge in [-0.25, -0.2) is 9.97 Å². The summed E-state index contributed by atoms with van der Waals surface area (Å²) in [4.78, 5) is 19.3. The highest BCUT2D eigenvalue weighted by Crippen LogP contribution is 2.05. The number of nitrogens with one attached hydrogen (secondary N) is 1. The van der Waals surface area contributed by atoms with Crippen LogP contribution in [0.2, 0.25) is 5.15 Å². The number of halogens is 1. The fraction of sp³-hybridized carbons (Fsp3) is 0.200. The zero-order valence-electron chi connectivity index (χ0n) is 8.88. The third kappa shape index (κ3) is 3.53. The minimum atomic E-state index is -0.142. The fourth-order valence-corrected chi connectivity index (χ4v) is 1.33. The van der Waals surface area contributed by atoms with Crippen LogP contribution in [0.3, 0.4) is 0 Å². The molecule has 2 rings (SSSR count). The van der Waals surface area contributed by atoms with E-state index in [2.05, 4.69) is 20.4 Å². The summed E-state index contributed by atoms with van der Waals surface area (Å²) in [6.45, 7) is 0.528. The van der Waals surface area contributed by atoms with Gasteiger partial charge in [0.15, 0.2) is 5.82 Å². The molecular formula is C10H10ClN5O. The topological polar surface area (TPSA) is 72.7 Å². The van der Waals surface area contributed by atoms with Crippen molar-refractivity contribution in [3.8, 4) is 0 Å². The maximum atomic E-state index is 11.5. The number of aryl methyl sites for hydroxylation is 1. The smallest absolute Gasteiger partial charge is 0.227 e. The summed E-state index contributed by atoms with van der Waals surface area (Å²) in [6, 6.07) is 1.81. The van der Waals surface area contributed by atoms with E-state index in [0.717, 1.165) is 0 Å². The predicted molar refractivity (Wildman–Crippen MR) is 62.5 cm³/mol. The lowest BCUT2D eigenvalue weighted by molar-refractivity contribution is -0.116. The predicted octanol–water partition coefficient (Wildman–Crippen LogP) is 1.36. The molecule has 0 aliphatic heterocycles. The van der Waals surface area contributed by atoms with Gasteiger partial charge in [0.05, 0.1) is 12.4 Å². The van der Waals surface area contributed by atoms with Crippen LogP contribution in [0.1, 0.15) is 6.42 Å². The number of anilines is 1. The monoisotopic (exact) mass is 251 g/mol. The molecule has 0 spiro atoms. The summed E-state index contributed by atoms with van der Waals surface area (Å²) in [5.41, 5.74) is 0. The van der Waals surface area contributed by atoms with Crippen molar-refractivity contribution >= 4 is 23.3 Å². The van der Waals surface area contributed by atoms with Gasteiger partial charge >= 0.3 is 0 Å². The fourth-order valence-electron chi connectivity index (χ4n) is 1.23. The molecule has 0 aliphatic rings. The van der Waals surface area contributed by atoms with E-state index in [1.165, 1.54) is 12.4 Å². The summed E-state index contributed by atoms with van der Waals surface area (Å²) >= 11 is 5.58. The first-order valence-electron chi connectivity index (χ1n) is 4.99. The lowest BCUT2D eigenvalue weighted by Crippen LogP contribution is -2.15. The molecule has 0 aromatic carbocycles. The number of rotatable bonds is 4. The largest absolute Gasteiger partial charge is 0.309 e. The first kappa shape index (κ1) is 11.5. The Balaban J connectivity index is 1.83. The van der Waals surface area contributed by atoms with E-state index >= 15 is 0 Å². The molecule has 0 bridgehead atoms. The summed E-state index contributed by atoms with van der Waals surface area (Å²) in [5, 5.41) is 6.91. The lowest BCUT2D eigenvalue weighted by Gasteiger charge is -2.04. The second-order valence-corrected chi connectivity index (χ2v) is 3.68. The molecule has 0 aliphatic carbocycles. The SMILES string of the molecule is O=C(CCn1cccn1)Nc1cnc(Cl)cn1. The van der Waals surface area contributed by atoms with E-state index in [-0.39, 0.29) is 5.91 Å². The van der Waals surface area contributed by atoms with Crippen molar-refractivity contribution in [2.24, 2.45) is 0 Å². The van der Waals surface area contributed by atoms with Gasteiger partial charge in [0.2, 0.25) is 5.91 Å². The molecule has 0 saturated carbocycles. The molecule has 2 heterocycles. The molecule has 6 nitrogen and oxygen atoms in total. The minimum Gasteiger partial charge on any atom is -0.309 e. The Bertz CT molecular complexity index is 482. The van der Waals surface area contributed by atoms with Gasteiger partial charge in [0, 0.05) is 25.4 Å². The van der Waals surface area contributed by atoms with Crippen molar-refractivity contribution in [1.29, 1.82) is 0 Å². The van der Waals surface area contributed by atoms with Crippen LogP contribution in [-0.4, -0.2) is 25.7 Å². The molecular weight excluding hydrogens is 242 g/mol. The van der Waals surface area contributed by atoms with Crippen LogP contribution in [0.5, 0.6) is 0 Å². The zero-order chi connectivity index (χ0) is 12.1. The van der Waals surface area contributed by atoms with E-state index in [1.54, 1.807) is 17.1 Å². The molecule has 7 heteroatoms. The van der Waals surface area contributed by atoms with E-state index in [1.807, 2.05) is 6.07 Å². The Hall–Kier alpha value is -1.95. The van der Waals surface area contributed by atoms with Gasteiger partial charge in [-0.15, -0.1) is 0 Å². The third-order valence-corrected chi connectivity index (χ3v) is 2.21. The van der Waals surface area contributed by atoms with Crippen molar-refractivity contribution < 1.29 is 4.79 Å². The van der Waals surface area contributed by atoms with Gasteiger partial charge in [0.1, 0.15) is 5.15 Å². The highest BCUT2D eigenvalue weighted by molar-refractivity contribution is 6.29. The molecule has 88 valence electrons. The molecule has 0 fully saturated rings. The van der Waals surface area contributed by atoms with Crippen molar-refractivity contribution in [2.45, 2.75) is 13.0 Å². The van der Waals surface area contributed by atoms with Crippen LogP contribution >= 0.6 is 11.6 Å². The number of hydrogen-bond acceptors (Lipinski definition) is 4. The number of aromatic nitrogens is 4. The minimum absolute atomic E-state index is 0.142. The van der Waals surface area contributed by atoms with Gasteiger partial charge < -0.3 is 5.32 Å². The van der Waals surface area contributed by atoms with Crippen LogP contribution in [0, 0.1) is 0 Å². The molecule has 2 aromatic rings. The summed E-state index contributed by atoms with van der Waals surface area (Å²) in [6.07, 6.45) is 6.59. The Kier molecular flexibility index (Phi) is 3.66. The van der Waals surface area contributed by atoms with Gasteiger partial charge in [-0.3, -0.25) is 9.48 Å². The van der Waals surface area contributed by atoms with Crippen LogP contribution in [0.25, 0.3) is 0 Å². The number of carbonyl (C=O) groups is 1. The molecule has 17 heavy (non-hydrogen) atoms. The number of carbonyl (C=O) groups excluding carboxylic acids is 1. The highest BCUT2D eigenvalue weighted by atomic mass is 35.5. The Morgan fingerprint density at radius 1 is 1.41 bits per heavy atom. The van der Waals surface area contributed by atoms with Crippen LogP contribution in [0.4, 0.5) is 5.82 Å². The standard InChI is InChI=1S/C10H10ClN5O/c11-8-6-13-9(7-12-8)15-10(17)2-5-16-4-1-3-14-16/h1,3-4,6-7H,2,5H2,(H,13,15,17). The Labute approximate surface area is 103 Å².